The van der Waals surface area contributed by atoms with Crippen molar-refractivity contribution in [1.29, 1.82) is 0 Å². The standard InChI is InChI=1S/C12H19FOS/c1-5-7-12(3,6-2)9-8-10(13)15-11(9)14-4/h8H,5-7H2,1-4H3. The molecule has 1 rings (SSSR count). The van der Waals surface area contributed by atoms with Crippen LogP contribution in [0.25, 0.3) is 0 Å². The first kappa shape index (κ1) is 12.5. The maximum absolute atomic E-state index is 13.2. The Balaban J connectivity index is 3.10. The largest absolute Gasteiger partial charge is 0.487 e. The highest BCUT2D eigenvalue weighted by Crippen LogP contribution is 2.42. The number of ether oxygens (including phenoxy) is 1. The number of thiophene rings is 1. The summed E-state index contributed by atoms with van der Waals surface area (Å²) in [7, 11) is 1.61. The van der Waals surface area contributed by atoms with Gasteiger partial charge >= 0.3 is 0 Å². The minimum atomic E-state index is -0.155. The van der Waals surface area contributed by atoms with Gasteiger partial charge in [0.15, 0.2) is 10.2 Å². The smallest absolute Gasteiger partial charge is 0.180 e. The van der Waals surface area contributed by atoms with Crippen LogP contribution >= 0.6 is 11.3 Å². The van der Waals surface area contributed by atoms with Crippen LogP contribution in [0.3, 0.4) is 0 Å². The molecule has 0 aliphatic heterocycles. The van der Waals surface area contributed by atoms with Gasteiger partial charge in [-0.1, -0.05) is 38.5 Å². The van der Waals surface area contributed by atoms with Gasteiger partial charge < -0.3 is 4.74 Å². The second-order valence-electron chi connectivity index (χ2n) is 4.12. The van der Waals surface area contributed by atoms with Crippen molar-refractivity contribution in [2.45, 2.75) is 45.4 Å². The molecule has 1 atom stereocenters. The monoisotopic (exact) mass is 230 g/mol. The van der Waals surface area contributed by atoms with Crippen LogP contribution in [0, 0.1) is 5.13 Å². The second kappa shape index (κ2) is 4.97. The van der Waals surface area contributed by atoms with Crippen molar-refractivity contribution in [2.75, 3.05) is 7.11 Å². The van der Waals surface area contributed by atoms with E-state index in [4.69, 9.17) is 4.74 Å². The zero-order valence-corrected chi connectivity index (χ0v) is 10.7. The molecule has 1 aromatic rings. The summed E-state index contributed by atoms with van der Waals surface area (Å²) in [5, 5.41) is 0.572. The third-order valence-corrected chi connectivity index (χ3v) is 3.97. The summed E-state index contributed by atoms with van der Waals surface area (Å²) in [6.45, 7) is 6.48. The van der Waals surface area contributed by atoms with Crippen LogP contribution in [-0.4, -0.2) is 7.11 Å². The van der Waals surface area contributed by atoms with Gasteiger partial charge in [-0.05, 0) is 24.3 Å². The Labute approximate surface area is 95.3 Å². The third-order valence-electron chi connectivity index (χ3n) is 3.09. The minimum Gasteiger partial charge on any atom is -0.487 e. The lowest BCUT2D eigenvalue weighted by atomic mass is 9.77. The molecule has 0 saturated heterocycles. The van der Waals surface area contributed by atoms with Crippen LogP contribution in [0.2, 0.25) is 0 Å². The molecule has 0 aliphatic rings. The molecule has 0 fully saturated rings. The van der Waals surface area contributed by atoms with Crippen molar-refractivity contribution in [3.63, 3.8) is 0 Å². The van der Waals surface area contributed by atoms with E-state index in [1.807, 2.05) is 0 Å². The lowest BCUT2D eigenvalue weighted by Crippen LogP contribution is -2.20. The van der Waals surface area contributed by atoms with Crippen LogP contribution in [0.5, 0.6) is 5.06 Å². The fraction of sp³-hybridized carbons (Fsp3) is 0.667. The van der Waals surface area contributed by atoms with Gasteiger partial charge in [-0.3, -0.25) is 0 Å². The second-order valence-corrected chi connectivity index (χ2v) is 5.08. The van der Waals surface area contributed by atoms with Crippen LogP contribution in [0.15, 0.2) is 6.07 Å². The number of rotatable bonds is 5. The van der Waals surface area contributed by atoms with Crippen molar-refractivity contribution >= 4 is 11.3 Å². The van der Waals surface area contributed by atoms with E-state index in [-0.39, 0.29) is 10.5 Å². The Hall–Kier alpha value is -0.570. The molecule has 0 spiro atoms. The summed E-state index contributed by atoms with van der Waals surface area (Å²) in [5.41, 5.74) is 1.07. The van der Waals surface area contributed by atoms with E-state index in [0.717, 1.165) is 41.2 Å². The molecule has 3 heteroatoms. The summed E-state index contributed by atoms with van der Waals surface area (Å²) in [6.07, 6.45) is 3.17. The molecule has 0 aliphatic carbocycles. The molecular weight excluding hydrogens is 211 g/mol. The van der Waals surface area contributed by atoms with Crippen molar-refractivity contribution in [3.8, 4) is 5.06 Å². The van der Waals surface area contributed by atoms with Gasteiger partial charge in [0.25, 0.3) is 0 Å². The molecule has 0 bridgehead atoms. The molecule has 1 nitrogen and oxygen atoms in total. The topological polar surface area (TPSA) is 9.23 Å². The van der Waals surface area contributed by atoms with Crippen molar-refractivity contribution < 1.29 is 9.13 Å². The highest BCUT2D eigenvalue weighted by Gasteiger charge is 2.29. The maximum Gasteiger partial charge on any atom is 0.180 e. The van der Waals surface area contributed by atoms with Crippen molar-refractivity contribution in [3.05, 3.63) is 16.8 Å². The Morgan fingerprint density at radius 1 is 1.47 bits per heavy atom. The van der Waals surface area contributed by atoms with E-state index in [1.54, 1.807) is 13.2 Å². The van der Waals surface area contributed by atoms with E-state index in [9.17, 15) is 4.39 Å². The van der Waals surface area contributed by atoms with E-state index in [0.29, 0.717) is 0 Å². The number of methoxy groups -OCH3 is 1. The molecule has 0 radical (unpaired) electrons. The van der Waals surface area contributed by atoms with E-state index >= 15 is 0 Å². The summed E-state index contributed by atoms with van der Waals surface area (Å²) in [6, 6.07) is 1.63. The summed E-state index contributed by atoms with van der Waals surface area (Å²) < 4.78 is 18.5. The Morgan fingerprint density at radius 3 is 2.60 bits per heavy atom. The summed E-state index contributed by atoms with van der Waals surface area (Å²) >= 11 is 1.09. The van der Waals surface area contributed by atoms with Gasteiger partial charge in [-0.15, -0.1) is 0 Å². The zero-order valence-electron chi connectivity index (χ0n) is 9.89. The fourth-order valence-electron chi connectivity index (χ4n) is 1.97. The molecule has 0 aromatic carbocycles. The lowest BCUT2D eigenvalue weighted by molar-refractivity contribution is 0.373. The lowest BCUT2D eigenvalue weighted by Gasteiger charge is -2.27. The van der Waals surface area contributed by atoms with Crippen molar-refractivity contribution in [1.82, 2.24) is 0 Å². The van der Waals surface area contributed by atoms with Gasteiger partial charge in [0.1, 0.15) is 0 Å². The predicted molar refractivity (Wildman–Crippen MR) is 63.4 cm³/mol. The molecule has 15 heavy (non-hydrogen) atoms. The predicted octanol–water partition coefficient (Wildman–Crippen LogP) is 4.36. The van der Waals surface area contributed by atoms with Gasteiger partial charge in [-0.2, -0.15) is 4.39 Å². The van der Waals surface area contributed by atoms with Gasteiger partial charge in [0.05, 0.1) is 7.11 Å². The van der Waals surface area contributed by atoms with E-state index < -0.39 is 0 Å². The van der Waals surface area contributed by atoms with Gasteiger partial charge in [0.2, 0.25) is 0 Å². The highest BCUT2D eigenvalue weighted by molar-refractivity contribution is 7.12. The van der Waals surface area contributed by atoms with Crippen LogP contribution in [0.4, 0.5) is 4.39 Å². The molecule has 0 amide bonds. The van der Waals surface area contributed by atoms with Crippen LogP contribution in [0.1, 0.15) is 45.6 Å². The molecule has 86 valence electrons. The number of halogens is 1. The van der Waals surface area contributed by atoms with Crippen LogP contribution < -0.4 is 4.74 Å². The Bertz CT molecular complexity index is 321. The minimum absolute atomic E-state index is 0.0426. The van der Waals surface area contributed by atoms with Gasteiger partial charge in [0, 0.05) is 5.56 Å². The highest BCUT2D eigenvalue weighted by atomic mass is 32.1. The van der Waals surface area contributed by atoms with Crippen LogP contribution in [-0.2, 0) is 5.41 Å². The van der Waals surface area contributed by atoms with Gasteiger partial charge in [-0.25, -0.2) is 0 Å². The molecular formula is C12H19FOS. The fourth-order valence-corrected chi connectivity index (χ4v) is 2.82. The van der Waals surface area contributed by atoms with E-state index in [1.165, 1.54) is 0 Å². The summed E-state index contributed by atoms with van der Waals surface area (Å²) in [5.74, 6) is 0. The Morgan fingerprint density at radius 2 is 2.13 bits per heavy atom. The quantitative estimate of drug-likeness (QED) is 0.730. The number of hydrogen-bond acceptors (Lipinski definition) is 2. The number of hydrogen-bond donors (Lipinski definition) is 0. The first-order chi connectivity index (χ1) is 7.07. The Kier molecular flexibility index (Phi) is 4.14. The first-order valence-corrected chi connectivity index (χ1v) is 6.22. The average Bonchev–Trinajstić information content (AvgIpc) is 2.60. The van der Waals surface area contributed by atoms with E-state index in [2.05, 4.69) is 20.8 Å². The SMILES string of the molecule is CCCC(C)(CC)c1cc(F)sc1OC. The normalized spacial score (nSPS) is 15.0. The third kappa shape index (κ3) is 2.51. The summed E-state index contributed by atoms with van der Waals surface area (Å²) in [4.78, 5) is 0. The average molecular weight is 230 g/mol. The molecule has 1 heterocycles. The molecule has 1 unspecified atom stereocenters. The zero-order chi connectivity index (χ0) is 11.5. The molecule has 0 saturated carbocycles. The maximum atomic E-state index is 13.2. The first-order valence-electron chi connectivity index (χ1n) is 5.41. The van der Waals surface area contributed by atoms with Crippen molar-refractivity contribution in [2.24, 2.45) is 0 Å². The molecule has 1 aromatic heterocycles. The molecule has 0 N–H and O–H groups in total.